The van der Waals surface area contributed by atoms with Crippen LogP contribution in [0.5, 0.6) is 0 Å². The zero-order chi connectivity index (χ0) is 21.1. The molecule has 0 radical (unpaired) electrons. The van der Waals surface area contributed by atoms with Crippen molar-refractivity contribution in [3.05, 3.63) is 60.2 Å². The molecular weight excluding hydrogens is 378 g/mol. The summed E-state index contributed by atoms with van der Waals surface area (Å²) in [7, 11) is 0. The summed E-state index contributed by atoms with van der Waals surface area (Å²) >= 11 is 0. The molecule has 154 valence electrons. The molecule has 0 aliphatic carbocycles. The zero-order valence-electron chi connectivity index (χ0n) is 16.7. The minimum atomic E-state index is -0.159. The third kappa shape index (κ3) is 4.23. The summed E-state index contributed by atoms with van der Waals surface area (Å²) in [6.45, 7) is 1.68. The van der Waals surface area contributed by atoms with E-state index in [0.717, 1.165) is 42.7 Å². The second kappa shape index (κ2) is 8.46. The molecule has 0 aromatic carbocycles. The number of aromatic nitrogens is 3. The van der Waals surface area contributed by atoms with Crippen molar-refractivity contribution in [2.45, 2.75) is 25.3 Å². The van der Waals surface area contributed by atoms with Gasteiger partial charge in [0.1, 0.15) is 11.5 Å². The number of nitrogens with two attached hydrogens (primary N) is 3. The van der Waals surface area contributed by atoms with Crippen LogP contribution in [0.4, 0.5) is 17.2 Å². The van der Waals surface area contributed by atoms with Crippen molar-refractivity contribution < 1.29 is 4.79 Å². The number of hydrogen-bond acceptors (Lipinski definition) is 8. The van der Waals surface area contributed by atoms with Gasteiger partial charge < -0.3 is 22.1 Å². The second-order valence-electron chi connectivity index (χ2n) is 7.56. The highest BCUT2D eigenvalue weighted by Gasteiger charge is 2.22. The molecule has 0 bridgehead atoms. The number of pyridine rings is 3. The van der Waals surface area contributed by atoms with Gasteiger partial charge in [0.15, 0.2) is 5.78 Å². The van der Waals surface area contributed by atoms with Gasteiger partial charge in [0.05, 0.1) is 11.4 Å². The lowest BCUT2D eigenvalue weighted by Gasteiger charge is -2.33. The number of anilines is 3. The monoisotopic (exact) mass is 403 g/mol. The average Bonchev–Trinajstić information content (AvgIpc) is 2.75. The molecule has 3 aromatic heterocycles. The second-order valence-corrected chi connectivity index (χ2v) is 7.56. The summed E-state index contributed by atoms with van der Waals surface area (Å²) in [5, 5.41) is 0. The number of rotatable bonds is 5. The van der Waals surface area contributed by atoms with Crippen molar-refractivity contribution in [3.8, 4) is 11.3 Å². The number of carbonyl (C=O) groups is 1. The summed E-state index contributed by atoms with van der Waals surface area (Å²) in [5.74, 6) is 0.264. The van der Waals surface area contributed by atoms with Gasteiger partial charge in [-0.1, -0.05) is 0 Å². The lowest BCUT2D eigenvalue weighted by molar-refractivity contribution is 0.0989. The number of ketones is 1. The standard InChI is InChI=1S/C22H25N7O/c23-16-2-1-9-29(13-16)19-7-8-26-11-15(19)10-20(30)22-17(24)4-5-18(28-22)14-3-6-21(25)27-12-14/h3-8,11-12,16H,1-2,9-10,13,23-24H2,(H2,25,27)/t16-/m0/s1. The maximum atomic E-state index is 13.1. The van der Waals surface area contributed by atoms with Crippen LogP contribution in [0.15, 0.2) is 48.9 Å². The van der Waals surface area contributed by atoms with Crippen molar-refractivity contribution in [1.29, 1.82) is 0 Å². The van der Waals surface area contributed by atoms with Crippen LogP contribution in [0.25, 0.3) is 11.3 Å². The Balaban J connectivity index is 1.60. The summed E-state index contributed by atoms with van der Waals surface area (Å²) < 4.78 is 0. The first-order valence-electron chi connectivity index (χ1n) is 9.96. The minimum absolute atomic E-state index is 0.137. The fourth-order valence-electron chi connectivity index (χ4n) is 3.76. The topological polar surface area (TPSA) is 137 Å². The van der Waals surface area contributed by atoms with Crippen molar-refractivity contribution >= 4 is 23.0 Å². The van der Waals surface area contributed by atoms with Gasteiger partial charge in [-0.3, -0.25) is 9.78 Å². The van der Waals surface area contributed by atoms with Crippen LogP contribution in [0.1, 0.15) is 28.9 Å². The first-order valence-corrected chi connectivity index (χ1v) is 9.96. The van der Waals surface area contributed by atoms with E-state index in [-0.39, 0.29) is 23.9 Å². The fraction of sp³-hybridized carbons (Fsp3) is 0.273. The average molecular weight is 403 g/mol. The first-order chi connectivity index (χ1) is 14.5. The minimum Gasteiger partial charge on any atom is -0.397 e. The Kier molecular flexibility index (Phi) is 5.58. The molecule has 1 saturated heterocycles. The Morgan fingerprint density at radius 3 is 2.77 bits per heavy atom. The van der Waals surface area contributed by atoms with E-state index in [4.69, 9.17) is 17.2 Å². The number of piperidine rings is 1. The van der Waals surface area contributed by atoms with Crippen LogP contribution < -0.4 is 22.1 Å². The molecule has 1 aliphatic rings. The van der Waals surface area contributed by atoms with Gasteiger partial charge >= 0.3 is 0 Å². The van der Waals surface area contributed by atoms with Crippen molar-refractivity contribution in [3.63, 3.8) is 0 Å². The van der Waals surface area contributed by atoms with Crippen LogP contribution in [0.3, 0.4) is 0 Å². The van der Waals surface area contributed by atoms with E-state index >= 15 is 0 Å². The van der Waals surface area contributed by atoms with Gasteiger partial charge in [-0.05, 0) is 43.2 Å². The van der Waals surface area contributed by atoms with Crippen LogP contribution in [-0.2, 0) is 6.42 Å². The normalized spacial score (nSPS) is 16.4. The first kappa shape index (κ1) is 19.8. The molecular formula is C22H25N7O. The molecule has 0 amide bonds. The van der Waals surface area contributed by atoms with Crippen molar-refractivity contribution in [2.24, 2.45) is 5.73 Å². The maximum Gasteiger partial charge on any atom is 0.187 e. The van der Waals surface area contributed by atoms with E-state index in [2.05, 4.69) is 19.9 Å². The van der Waals surface area contributed by atoms with E-state index in [1.165, 1.54) is 0 Å². The summed E-state index contributed by atoms with van der Waals surface area (Å²) in [6.07, 6.45) is 7.31. The molecule has 1 atom stereocenters. The van der Waals surface area contributed by atoms with E-state index in [0.29, 0.717) is 17.2 Å². The van der Waals surface area contributed by atoms with Gasteiger partial charge in [-0.25, -0.2) is 9.97 Å². The molecule has 0 unspecified atom stereocenters. The number of hydrogen-bond donors (Lipinski definition) is 3. The Morgan fingerprint density at radius 1 is 1.13 bits per heavy atom. The highest BCUT2D eigenvalue weighted by molar-refractivity contribution is 6.01. The maximum absolute atomic E-state index is 13.1. The molecule has 1 aliphatic heterocycles. The molecule has 8 nitrogen and oxygen atoms in total. The Labute approximate surface area is 175 Å². The van der Waals surface area contributed by atoms with Gasteiger partial charge in [0, 0.05) is 61.0 Å². The lowest BCUT2D eigenvalue weighted by atomic mass is 10.0. The van der Waals surface area contributed by atoms with Crippen molar-refractivity contribution in [2.75, 3.05) is 29.5 Å². The third-order valence-corrected chi connectivity index (χ3v) is 5.30. The Bertz CT molecular complexity index is 1050. The van der Waals surface area contributed by atoms with Gasteiger partial charge in [0.2, 0.25) is 0 Å². The number of carbonyl (C=O) groups excluding carboxylic acids is 1. The molecule has 1 fully saturated rings. The van der Waals surface area contributed by atoms with Crippen LogP contribution in [-0.4, -0.2) is 39.9 Å². The Morgan fingerprint density at radius 2 is 2.00 bits per heavy atom. The van der Waals surface area contributed by atoms with Crippen LogP contribution >= 0.6 is 0 Å². The van der Waals surface area contributed by atoms with E-state index in [1.54, 1.807) is 36.8 Å². The number of nitrogens with zero attached hydrogens (tertiary/aromatic N) is 4. The van der Waals surface area contributed by atoms with Gasteiger partial charge in [-0.15, -0.1) is 0 Å². The molecule has 3 aromatic rings. The largest absolute Gasteiger partial charge is 0.397 e. The fourth-order valence-corrected chi connectivity index (χ4v) is 3.76. The molecule has 8 heteroatoms. The molecule has 4 rings (SSSR count). The number of Topliss-reactive ketones (excluding diaryl/α,β-unsaturated/α-hetero) is 1. The number of nitrogen functional groups attached to an aromatic ring is 2. The van der Waals surface area contributed by atoms with E-state index < -0.39 is 0 Å². The molecule has 6 N–H and O–H groups in total. The quantitative estimate of drug-likeness (QED) is 0.551. The highest BCUT2D eigenvalue weighted by atomic mass is 16.1. The predicted molar refractivity (Wildman–Crippen MR) is 118 cm³/mol. The molecule has 0 spiro atoms. The summed E-state index contributed by atoms with van der Waals surface area (Å²) in [5.41, 5.74) is 21.7. The van der Waals surface area contributed by atoms with Crippen LogP contribution in [0, 0.1) is 0 Å². The molecule has 30 heavy (non-hydrogen) atoms. The smallest absolute Gasteiger partial charge is 0.187 e. The highest BCUT2D eigenvalue weighted by Crippen LogP contribution is 2.26. The van der Waals surface area contributed by atoms with E-state index in [9.17, 15) is 4.79 Å². The third-order valence-electron chi connectivity index (χ3n) is 5.30. The summed E-state index contributed by atoms with van der Waals surface area (Å²) in [4.78, 5) is 28.2. The van der Waals surface area contributed by atoms with Crippen LogP contribution in [0.2, 0.25) is 0 Å². The molecule has 4 heterocycles. The summed E-state index contributed by atoms with van der Waals surface area (Å²) in [6, 6.07) is 9.05. The Hall–Kier alpha value is -3.52. The van der Waals surface area contributed by atoms with Gasteiger partial charge in [-0.2, -0.15) is 0 Å². The lowest BCUT2D eigenvalue weighted by Crippen LogP contribution is -2.43. The SMILES string of the molecule is Nc1ccc(-c2ccc(N)c(C(=O)Cc3cnccc3N3CCC[C@H](N)C3)n2)cn1. The zero-order valence-corrected chi connectivity index (χ0v) is 16.7. The van der Waals surface area contributed by atoms with Gasteiger partial charge in [0.25, 0.3) is 0 Å². The predicted octanol–water partition coefficient (Wildman–Crippen LogP) is 2.06. The van der Waals surface area contributed by atoms with Crippen molar-refractivity contribution in [1.82, 2.24) is 15.0 Å². The molecule has 0 saturated carbocycles. The van der Waals surface area contributed by atoms with E-state index in [1.807, 2.05) is 12.1 Å².